The first-order chi connectivity index (χ1) is 8.64. The Balaban J connectivity index is 2.36. The number of aromatic nitrogens is 1. The van der Waals surface area contributed by atoms with E-state index in [2.05, 4.69) is 38.7 Å². The van der Waals surface area contributed by atoms with Gasteiger partial charge in [-0.2, -0.15) is 0 Å². The van der Waals surface area contributed by atoms with Crippen molar-refractivity contribution in [2.75, 3.05) is 19.0 Å². The normalized spacial score (nSPS) is 20.7. The maximum atomic E-state index is 6.06. The molecule has 0 amide bonds. The summed E-state index contributed by atoms with van der Waals surface area (Å²) in [6.07, 6.45) is 0. The summed E-state index contributed by atoms with van der Waals surface area (Å²) in [5.74, 6) is 0.912. The van der Waals surface area contributed by atoms with E-state index in [1.54, 1.807) is 0 Å². The van der Waals surface area contributed by atoms with Crippen molar-refractivity contribution in [2.45, 2.75) is 45.8 Å². The molecule has 4 nitrogen and oxygen atoms in total. The molecule has 1 aromatic rings. The maximum Gasteiger partial charge on any atom is 0.514 e. The summed E-state index contributed by atoms with van der Waals surface area (Å²) in [4.78, 5) is 6.64. The minimum Gasteiger partial charge on any atom is -0.398 e. The third-order valence-electron chi connectivity index (χ3n) is 4.06. The van der Waals surface area contributed by atoms with Crippen molar-refractivity contribution < 1.29 is 9.31 Å². The predicted octanol–water partition coefficient (Wildman–Crippen LogP) is 1.76. The Kier molecular flexibility index (Phi) is 3.39. The molecule has 1 saturated heterocycles. The average molecular weight is 262 g/mol. The van der Waals surface area contributed by atoms with Crippen LogP contribution in [0, 0.1) is 6.92 Å². The van der Waals surface area contributed by atoms with Crippen molar-refractivity contribution >= 4 is 18.5 Å². The first-order valence-electron chi connectivity index (χ1n) is 6.64. The number of hydrogen-bond acceptors (Lipinski definition) is 4. The van der Waals surface area contributed by atoms with Crippen molar-refractivity contribution in [3.63, 3.8) is 0 Å². The Morgan fingerprint density at radius 1 is 1.05 bits per heavy atom. The van der Waals surface area contributed by atoms with Gasteiger partial charge < -0.3 is 14.2 Å². The fraction of sp³-hybridized carbons (Fsp3) is 0.643. The molecular weight excluding hydrogens is 239 g/mol. The van der Waals surface area contributed by atoms with Crippen molar-refractivity contribution in [3.8, 4) is 0 Å². The molecule has 1 fully saturated rings. The van der Waals surface area contributed by atoms with Gasteiger partial charge >= 0.3 is 7.12 Å². The van der Waals surface area contributed by atoms with Crippen LogP contribution in [0.1, 0.15) is 33.3 Å². The third kappa shape index (κ3) is 2.49. The SMILES string of the molecule is Cc1ccc(N(C)C)nc1B1OC(C)(C)C(C)(C)O1. The Bertz CT molecular complexity index is 470. The van der Waals surface area contributed by atoms with Gasteiger partial charge in [0.2, 0.25) is 0 Å². The zero-order valence-corrected chi connectivity index (χ0v) is 12.9. The molecule has 0 aromatic carbocycles. The van der Waals surface area contributed by atoms with Crippen LogP contribution in [0.4, 0.5) is 5.82 Å². The first-order valence-corrected chi connectivity index (χ1v) is 6.64. The number of rotatable bonds is 2. The molecular formula is C14H23BN2O2. The molecule has 2 rings (SSSR count). The third-order valence-corrected chi connectivity index (χ3v) is 4.06. The van der Waals surface area contributed by atoms with E-state index >= 15 is 0 Å². The molecule has 5 heteroatoms. The summed E-state index contributed by atoms with van der Waals surface area (Å²) in [5.41, 5.74) is 1.29. The quantitative estimate of drug-likeness (QED) is 0.760. The van der Waals surface area contributed by atoms with Gasteiger partial charge in [-0.05, 0) is 46.2 Å². The van der Waals surface area contributed by atoms with Gasteiger partial charge in [-0.1, -0.05) is 6.07 Å². The lowest BCUT2D eigenvalue weighted by molar-refractivity contribution is 0.00578. The highest BCUT2D eigenvalue weighted by Gasteiger charge is 2.52. The summed E-state index contributed by atoms with van der Waals surface area (Å²) in [6, 6.07) is 4.06. The van der Waals surface area contributed by atoms with Crippen LogP contribution < -0.4 is 10.5 Å². The second kappa shape index (κ2) is 4.49. The van der Waals surface area contributed by atoms with E-state index in [1.807, 2.05) is 32.0 Å². The second-order valence-corrected chi connectivity index (χ2v) is 6.35. The van der Waals surface area contributed by atoms with E-state index in [9.17, 15) is 0 Å². The molecule has 1 aliphatic rings. The highest BCUT2D eigenvalue weighted by Crippen LogP contribution is 2.36. The van der Waals surface area contributed by atoms with Crippen LogP contribution in [0.25, 0.3) is 0 Å². The Labute approximate surface area is 116 Å². The molecule has 0 atom stereocenters. The minimum absolute atomic E-state index is 0.333. The van der Waals surface area contributed by atoms with Gasteiger partial charge in [0, 0.05) is 14.1 Å². The topological polar surface area (TPSA) is 34.6 Å². The Hall–Kier alpha value is -1.07. The Morgan fingerprint density at radius 2 is 1.58 bits per heavy atom. The molecule has 0 unspecified atom stereocenters. The smallest absolute Gasteiger partial charge is 0.398 e. The summed E-state index contributed by atoms with van der Waals surface area (Å²) in [7, 11) is 3.56. The van der Waals surface area contributed by atoms with Gasteiger partial charge in [0.05, 0.1) is 16.8 Å². The van der Waals surface area contributed by atoms with Gasteiger partial charge in [0.15, 0.2) is 0 Å². The lowest BCUT2D eigenvalue weighted by Crippen LogP contribution is -2.41. The summed E-state index contributed by atoms with van der Waals surface area (Å²) < 4.78 is 12.1. The molecule has 0 N–H and O–H groups in total. The fourth-order valence-electron chi connectivity index (χ4n) is 1.98. The van der Waals surface area contributed by atoms with Crippen LogP contribution in [-0.4, -0.2) is 37.4 Å². The van der Waals surface area contributed by atoms with E-state index in [1.165, 1.54) is 0 Å². The Morgan fingerprint density at radius 3 is 2.05 bits per heavy atom. The van der Waals surface area contributed by atoms with Crippen molar-refractivity contribution in [2.24, 2.45) is 0 Å². The van der Waals surface area contributed by atoms with E-state index in [-0.39, 0.29) is 11.2 Å². The van der Waals surface area contributed by atoms with Gasteiger partial charge in [-0.3, -0.25) is 0 Å². The number of hydrogen-bond donors (Lipinski definition) is 0. The molecule has 0 bridgehead atoms. The van der Waals surface area contributed by atoms with Crippen LogP contribution in [0.2, 0.25) is 0 Å². The zero-order valence-electron chi connectivity index (χ0n) is 12.9. The molecule has 0 radical (unpaired) electrons. The zero-order chi connectivity index (χ0) is 14.4. The number of nitrogens with zero attached hydrogens (tertiary/aromatic N) is 2. The summed E-state index contributed by atoms with van der Waals surface area (Å²) >= 11 is 0. The van der Waals surface area contributed by atoms with Crippen LogP contribution in [0.3, 0.4) is 0 Å². The highest BCUT2D eigenvalue weighted by atomic mass is 16.7. The molecule has 0 saturated carbocycles. The van der Waals surface area contributed by atoms with Gasteiger partial charge in [-0.25, -0.2) is 4.98 Å². The summed E-state index contributed by atoms with van der Waals surface area (Å²) in [6.45, 7) is 10.2. The molecule has 1 aromatic heterocycles. The highest BCUT2D eigenvalue weighted by molar-refractivity contribution is 6.61. The van der Waals surface area contributed by atoms with Crippen LogP contribution in [0.5, 0.6) is 0 Å². The maximum absolute atomic E-state index is 6.06. The second-order valence-electron chi connectivity index (χ2n) is 6.35. The van der Waals surface area contributed by atoms with Crippen molar-refractivity contribution in [1.82, 2.24) is 4.98 Å². The van der Waals surface area contributed by atoms with Crippen LogP contribution in [-0.2, 0) is 9.31 Å². The monoisotopic (exact) mass is 262 g/mol. The van der Waals surface area contributed by atoms with E-state index < -0.39 is 7.12 Å². The van der Waals surface area contributed by atoms with Gasteiger partial charge in [-0.15, -0.1) is 0 Å². The lowest BCUT2D eigenvalue weighted by atomic mass is 9.81. The van der Waals surface area contributed by atoms with Gasteiger partial charge in [0.1, 0.15) is 5.82 Å². The van der Waals surface area contributed by atoms with Crippen molar-refractivity contribution in [1.29, 1.82) is 0 Å². The predicted molar refractivity (Wildman–Crippen MR) is 79.0 cm³/mol. The van der Waals surface area contributed by atoms with E-state index in [4.69, 9.17) is 9.31 Å². The number of pyridine rings is 1. The van der Waals surface area contributed by atoms with Crippen molar-refractivity contribution in [3.05, 3.63) is 17.7 Å². The molecule has 19 heavy (non-hydrogen) atoms. The van der Waals surface area contributed by atoms with Gasteiger partial charge in [0.25, 0.3) is 0 Å². The van der Waals surface area contributed by atoms with Crippen LogP contribution >= 0.6 is 0 Å². The standard InChI is InChI=1S/C14H23BN2O2/c1-10-8-9-11(17(6)7)16-12(10)15-18-13(2,3)14(4,5)19-15/h8-9H,1-7H3. The van der Waals surface area contributed by atoms with E-state index in [0.29, 0.717) is 0 Å². The molecule has 2 heterocycles. The molecule has 104 valence electrons. The molecule has 0 spiro atoms. The van der Waals surface area contributed by atoms with E-state index in [0.717, 1.165) is 17.0 Å². The summed E-state index contributed by atoms with van der Waals surface area (Å²) in [5, 5.41) is 0. The van der Waals surface area contributed by atoms with Crippen LogP contribution in [0.15, 0.2) is 12.1 Å². The minimum atomic E-state index is -0.398. The fourth-order valence-corrected chi connectivity index (χ4v) is 1.98. The molecule has 1 aliphatic heterocycles. The molecule has 0 aliphatic carbocycles. The lowest BCUT2D eigenvalue weighted by Gasteiger charge is -2.32. The number of aryl methyl sites for hydroxylation is 1. The largest absolute Gasteiger partial charge is 0.514 e. The first kappa shape index (κ1) is 14.3. The average Bonchev–Trinajstić information content (AvgIpc) is 2.48. The number of anilines is 1.